The van der Waals surface area contributed by atoms with Crippen LogP contribution in [0.5, 0.6) is 5.75 Å². The first-order valence-corrected chi connectivity index (χ1v) is 12.9. The molecule has 4 amide bonds. The summed E-state index contributed by atoms with van der Waals surface area (Å²) >= 11 is 0.983. The molecule has 3 aromatic rings. The molecule has 2 aromatic carbocycles. The minimum atomic E-state index is -1.32. The smallest absolute Gasteiger partial charge is 0.357 e. The van der Waals surface area contributed by atoms with E-state index in [1.54, 1.807) is 55.6 Å². The van der Waals surface area contributed by atoms with Gasteiger partial charge in [-0.1, -0.05) is 30.3 Å². The van der Waals surface area contributed by atoms with Gasteiger partial charge < -0.3 is 24.8 Å². The number of nitriles is 1. The number of rotatable bonds is 11. The molecule has 2 N–H and O–H groups in total. The number of urea groups is 1. The molecule has 206 valence electrons. The maximum Gasteiger partial charge on any atom is 0.357 e. The number of imide groups is 1. The molecule has 1 saturated heterocycles. The van der Waals surface area contributed by atoms with Crippen molar-refractivity contribution in [1.29, 1.82) is 5.26 Å². The number of hydrogen-bond donors (Lipinski definition) is 2. The fraction of sp³-hybridized carbons (Fsp3) is 0.259. The third-order valence-corrected chi connectivity index (χ3v) is 6.79. The molecular weight excluding hydrogens is 538 g/mol. The van der Waals surface area contributed by atoms with Crippen LogP contribution in [0.25, 0.3) is 0 Å². The number of ether oxygens (including phenoxy) is 3. The van der Waals surface area contributed by atoms with Gasteiger partial charge in [0.25, 0.3) is 5.91 Å². The lowest BCUT2D eigenvalue weighted by Gasteiger charge is -2.24. The lowest BCUT2D eigenvalue weighted by Crippen LogP contribution is -2.49. The van der Waals surface area contributed by atoms with Crippen molar-refractivity contribution >= 4 is 40.3 Å². The van der Waals surface area contributed by atoms with Gasteiger partial charge in [-0.3, -0.25) is 9.59 Å². The van der Waals surface area contributed by atoms with Crippen LogP contribution in [-0.2, 0) is 25.5 Å². The van der Waals surface area contributed by atoms with E-state index < -0.39 is 35.9 Å². The van der Waals surface area contributed by atoms with Gasteiger partial charge in [-0.2, -0.15) is 5.26 Å². The summed E-state index contributed by atoms with van der Waals surface area (Å²) < 4.78 is 15.2. The number of benzene rings is 2. The molecule has 1 unspecified atom stereocenters. The standard InChI is InChI=1S/C27H25N5O7S/c1-37-11-12-39-19-9-7-16(8-10-19)22-24(34)32(27(36)30-22)21(13-17-5-3-4-6-18(17)14-28)23(33)31-26-29-20(15-40-26)25(35)38-2/h3-10,15,21-22H,11-13H2,1-2H3,(H,30,36)(H,29,31,33)/t21-,22?/m0/s1. The number of nitrogens with one attached hydrogen (secondary N) is 2. The van der Waals surface area contributed by atoms with Crippen LogP contribution in [-0.4, -0.2) is 67.2 Å². The molecule has 1 aromatic heterocycles. The average Bonchev–Trinajstić information content (AvgIpc) is 3.55. The quantitative estimate of drug-likeness (QED) is 0.203. The zero-order chi connectivity index (χ0) is 28.6. The number of nitrogens with zero attached hydrogens (tertiary/aromatic N) is 3. The average molecular weight is 564 g/mol. The maximum atomic E-state index is 13.6. The van der Waals surface area contributed by atoms with E-state index in [1.807, 2.05) is 0 Å². The first kappa shape index (κ1) is 28.2. The Kier molecular flexibility index (Phi) is 9.05. The van der Waals surface area contributed by atoms with Crippen molar-refractivity contribution in [1.82, 2.24) is 15.2 Å². The molecule has 1 aliphatic heterocycles. The lowest BCUT2D eigenvalue weighted by atomic mass is 9.99. The molecular formula is C27H25N5O7S. The number of thiazole rings is 1. The van der Waals surface area contributed by atoms with Crippen molar-refractivity contribution in [2.45, 2.75) is 18.5 Å². The van der Waals surface area contributed by atoms with Gasteiger partial charge in [-0.15, -0.1) is 11.3 Å². The fourth-order valence-corrected chi connectivity index (χ4v) is 4.73. The zero-order valence-electron chi connectivity index (χ0n) is 21.6. The normalized spacial score (nSPS) is 15.2. The lowest BCUT2D eigenvalue weighted by molar-refractivity contribution is -0.134. The zero-order valence-corrected chi connectivity index (χ0v) is 22.4. The van der Waals surface area contributed by atoms with Gasteiger partial charge in [0.2, 0.25) is 5.91 Å². The first-order valence-electron chi connectivity index (χ1n) is 12.0. The number of hydrogen-bond acceptors (Lipinski definition) is 10. The molecule has 1 fully saturated rings. The van der Waals surface area contributed by atoms with Gasteiger partial charge in [0.05, 0.1) is 25.3 Å². The van der Waals surface area contributed by atoms with Crippen LogP contribution in [0, 0.1) is 11.3 Å². The number of methoxy groups -OCH3 is 2. The monoisotopic (exact) mass is 563 g/mol. The van der Waals surface area contributed by atoms with Gasteiger partial charge in [-0.05, 0) is 29.3 Å². The third-order valence-electron chi connectivity index (χ3n) is 6.03. The van der Waals surface area contributed by atoms with E-state index in [0.29, 0.717) is 35.7 Å². The maximum absolute atomic E-state index is 13.6. The van der Waals surface area contributed by atoms with E-state index in [1.165, 1.54) is 12.5 Å². The Morgan fingerprint density at radius 1 is 1.15 bits per heavy atom. The third kappa shape index (κ3) is 6.25. The highest BCUT2D eigenvalue weighted by atomic mass is 32.1. The topological polar surface area (TPSA) is 160 Å². The van der Waals surface area contributed by atoms with E-state index in [9.17, 15) is 24.4 Å². The number of aromatic nitrogens is 1. The molecule has 1 aliphatic rings. The second-order valence-corrected chi connectivity index (χ2v) is 9.37. The Labute approximate surface area is 233 Å². The molecule has 40 heavy (non-hydrogen) atoms. The summed E-state index contributed by atoms with van der Waals surface area (Å²) in [5, 5.41) is 16.3. The molecule has 2 atom stereocenters. The van der Waals surface area contributed by atoms with Crippen molar-refractivity contribution in [2.75, 3.05) is 32.8 Å². The summed E-state index contributed by atoms with van der Waals surface area (Å²) in [7, 11) is 2.77. The van der Waals surface area contributed by atoms with Crippen molar-refractivity contribution < 1.29 is 33.4 Å². The van der Waals surface area contributed by atoms with Crippen LogP contribution in [0.3, 0.4) is 0 Å². The highest BCUT2D eigenvalue weighted by Crippen LogP contribution is 2.28. The molecule has 0 aliphatic carbocycles. The van der Waals surface area contributed by atoms with Crippen LogP contribution in [0.15, 0.2) is 53.9 Å². The SMILES string of the molecule is COCCOc1ccc(C2NC(=O)N([C@@H](Cc3ccccc3C#N)C(=O)Nc3nc(C(=O)OC)cs3)C2=O)cc1. The van der Waals surface area contributed by atoms with Crippen LogP contribution in [0.4, 0.5) is 9.93 Å². The van der Waals surface area contributed by atoms with Crippen molar-refractivity contribution in [3.63, 3.8) is 0 Å². The molecule has 4 rings (SSSR count). The van der Waals surface area contributed by atoms with Crippen molar-refractivity contribution in [2.24, 2.45) is 0 Å². The van der Waals surface area contributed by atoms with Gasteiger partial charge >= 0.3 is 12.0 Å². The van der Waals surface area contributed by atoms with E-state index in [-0.39, 0.29) is 17.2 Å². The summed E-state index contributed by atoms with van der Waals surface area (Å²) in [4.78, 5) is 56.9. The molecule has 12 nitrogen and oxygen atoms in total. The minimum Gasteiger partial charge on any atom is -0.491 e. The Balaban J connectivity index is 1.60. The molecule has 0 spiro atoms. The Morgan fingerprint density at radius 3 is 2.60 bits per heavy atom. The van der Waals surface area contributed by atoms with Crippen molar-refractivity contribution in [3.05, 3.63) is 76.3 Å². The number of esters is 1. The van der Waals surface area contributed by atoms with E-state index >= 15 is 0 Å². The summed E-state index contributed by atoms with van der Waals surface area (Å²) in [5.41, 5.74) is 1.27. The second-order valence-electron chi connectivity index (χ2n) is 8.51. The summed E-state index contributed by atoms with van der Waals surface area (Å²) in [6.45, 7) is 0.765. The summed E-state index contributed by atoms with van der Waals surface area (Å²) in [5.74, 6) is -1.47. The predicted octanol–water partition coefficient (Wildman–Crippen LogP) is 2.67. The Hall–Kier alpha value is -4.80. The summed E-state index contributed by atoms with van der Waals surface area (Å²) in [6, 6.07) is 12.2. The molecule has 0 saturated carbocycles. The van der Waals surface area contributed by atoms with E-state index in [4.69, 9.17) is 9.47 Å². The fourth-order valence-electron chi connectivity index (χ4n) is 4.05. The highest BCUT2D eigenvalue weighted by Gasteiger charge is 2.45. The van der Waals surface area contributed by atoms with Crippen LogP contribution < -0.4 is 15.4 Å². The van der Waals surface area contributed by atoms with Gasteiger partial charge in [0, 0.05) is 18.9 Å². The largest absolute Gasteiger partial charge is 0.491 e. The van der Waals surface area contributed by atoms with Crippen LogP contribution >= 0.6 is 11.3 Å². The Bertz CT molecular complexity index is 1450. The number of amides is 4. The molecule has 2 heterocycles. The Morgan fingerprint density at radius 2 is 1.90 bits per heavy atom. The minimum absolute atomic E-state index is 0.00104. The summed E-state index contributed by atoms with van der Waals surface area (Å²) in [6.07, 6.45) is -0.122. The van der Waals surface area contributed by atoms with Gasteiger partial charge in [0.15, 0.2) is 10.8 Å². The van der Waals surface area contributed by atoms with Crippen LogP contribution in [0.1, 0.15) is 33.2 Å². The number of carbonyl (C=O) groups is 4. The van der Waals surface area contributed by atoms with Crippen LogP contribution in [0.2, 0.25) is 0 Å². The van der Waals surface area contributed by atoms with Crippen molar-refractivity contribution in [3.8, 4) is 11.8 Å². The van der Waals surface area contributed by atoms with E-state index in [2.05, 4.69) is 26.4 Å². The number of carbonyl (C=O) groups excluding carboxylic acids is 4. The highest BCUT2D eigenvalue weighted by molar-refractivity contribution is 7.14. The first-order chi connectivity index (χ1) is 19.4. The number of anilines is 1. The molecule has 0 bridgehead atoms. The molecule has 13 heteroatoms. The van der Waals surface area contributed by atoms with Gasteiger partial charge in [0.1, 0.15) is 24.4 Å². The van der Waals surface area contributed by atoms with E-state index in [0.717, 1.165) is 16.2 Å². The molecule has 0 radical (unpaired) electrons. The predicted molar refractivity (Wildman–Crippen MR) is 143 cm³/mol. The van der Waals surface area contributed by atoms with Gasteiger partial charge in [-0.25, -0.2) is 19.5 Å². The second kappa shape index (κ2) is 12.8.